The molecule has 4 atom stereocenters. The monoisotopic (exact) mass is 294 g/mol. The van der Waals surface area contributed by atoms with Crippen LogP contribution in [0, 0.1) is 23.7 Å². The topological polar surface area (TPSA) is 32.3 Å². The quantitative estimate of drug-likeness (QED) is 0.858. The van der Waals surface area contributed by atoms with E-state index in [2.05, 4.69) is 51.8 Å². The summed E-state index contributed by atoms with van der Waals surface area (Å²) in [6.45, 7) is 13.5. The Kier molecular flexibility index (Phi) is 5.34. The number of carbonyl (C=O) groups is 1. The first-order valence-electron chi connectivity index (χ1n) is 8.87. The van der Waals surface area contributed by atoms with Gasteiger partial charge in [-0.3, -0.25) is 10.1 Å². The van der Waals surface area contributed by atoms with Gasteiger partial charge in [0.1, 0.15) is 0 Å². The number of hydrogen-bond donors (Lipinski definition) is 1. The molecule has 2 fully saturated rings. The van der Waals surface area contributed by atoms with Gasteiger partial charge < -0.3 is 4.90 Å². The van der Waals surface area contributed by atoms with Crippen molar-refractivity contribution in [2.45, 2.75) is 85.5 Å². The van der Waals surface area contributed by atoms with Gasteiger partial charge in [0.15, 0.2) is 0 Å². The number of hydrogen-bond acceptors (Lipinski definition) is 2. The van der Waals surface area contributed by atoms with E-state index in [4.69, 9.17) is 0 Å². The molecule has 1 N–H and O–H groups in total. The molecule has 3 heteroatoms. The van der Waals surface area contributed by atoms with Gasteiger partial charge in [-0.1, -0.05) is 41.5 Å². The molecule has 0 aromatic heterocycles. The Labute approximate surface area is 130 Å². The van der Waals surface area contributed by atoms with E-state index in [1.165, 1.54) is 19.3 Å². The summed E-state index contributed by atoms with van der Waals surface area (Å²) in [4.78, 5) is 15.1. The Hall–Kier alpha value is -0.570. The highest BCUT2D eigenvalue weighted by Gasteiger charge is 2.44. The fourth-order valence-electron chi connectivity index (χ4n) is 4.34. The van der Waals surface area contributed by atoms with E-state index in [0.29, 0.717) is 23.8 Å². The van der Waals surface area contributed by atoms with E-state index in [0.717, 1.165) is 18.3 Å². The van der Waals surface area contributed by atoms with Crippen molar-refractivity contribution < 1.29 is 4.79 Å². The van der Waals surface area contributed by atoms with Gasteiger partial charge >= 0.3 is 0 Å². The van der Waals surface area contributed by atoms with Crippen LogP contribution >= 0.6 is 0 Å². The highest BCUT2D eigenvalue weighted by atomic mass is 16.2. The minimum absolute atomic E-state index is 0.0151. The molecule has 3 nitrogen and oxygen atoms in total. The Morgan fingerprint density at radius 3 is 2.14 bits per heavy atom. The van der Waals surface area contributed by atoms with E-state index in [-0.39, 0.29) is 12.2 Å². The molecule has 2 rings (SSSR count). The van der Waals surface area contributed by atoms with Crippen LogP contribution in [0.5, 0.6) is 0 Å². The SMILES string of the molecule is CC(C)CC1NC(C(C)C)C(=O)N1C1CC(C)CC(C)C1. The molecule has 1 aliphatic heterocycles. The molecule has 1 aliphatic carbocycles. The van der Waals surface area contributed by atoms with Crippen molar-refractivity contribution in [3.8, 4) is 0 Å². The molecule has 0 spiro atoms. The average molecular weight is 294 g/mol. The zero-order chi connectivity index (χ0) is 15.7. The van der Waals surface area contributed by atoms with Gasteiger partial charge in [0.2, 0.25) is 5.91 Å². The van der Waals surface area contributed by atoms with Crippen LogP contribution < -0.4 is 5.32 Å². The molecule has 2 aliphatic rings. The summed E-state index contributed by atoms with van der Waals surface area (Å²) in [7, 11) is 0. The van der Waals surface area contributed by atoms with Crippen LogP contribution in [-0.4, -0.2) is 29.1 Å². The number of nitrogens with one attached hydrogen (secondary N) is 1. The molecule has 0 radical (unpaired) electrons. The molecule has 1 saturated carbocycles. The summed E-state index contributed by atoms with van der Waals surface area (Å²) in [5.41, 5.74) is 0. The van der Waals surface area contributed by atoms with Gasteiger partial charge in [-0.15, -0.1) is 0 Å². The van der Waals surface area contributed by atoms with Crippen molar-refractivity contribution in [3.63, 3.8) is 0 Å². The molecule has 1 amide bonds. The molecule has 0 bridgehead atoms. The first-order valence-corrected chi connectivity index (χ1v) is 8.87. The fourth-order valence-corrected chi connectivity index (χ4v) is 4.34. The summed E-state index contributed by atoms with van der Waals surface area (Å²) < 4.78 is 0. The molecule has 21 heavy (non-hydrogen) atoms. The molecule has 4 unspecified atom stereocenters. The molecular weight excluding hydrogens is 260 g/mol. The van der Waals surface area contributed by atoms with Crippen molar-refractivity contribution in [2.75, 3.05) is 0 Å². The van der Waals surface area contributed by atoms with Gasteiger partial charge in [-0.2, -0.15) is 0 Å². The maximum absolute atomic E-state index is 12.9. The van der Waals surface area contributed by atoms with Crippen molar-refractivity contribution >= 4 is 5.91 Å². The van der Waals surface area contributed by atoms with Crippen molar-refractivity contribution in [1.82, 2.24) is 10.2 Å². The van der Waals surface area contributed by atoms with Crippen LogP contribution in [-0.2, 0) is 4.79 Å². The molecule has 0 aromatic carbocycles. The second-order valence-corrected chi connectivity index (χ2v) is 8.35. The predicted octanol–water partition coefficient (Wildman–Crippen LogP) is 3.64. The van der Waals surface area contributed by atoms with Crippen LogP contribution in [0.2, 0.25) is 0 Å². The lowest BCUT2D eigenvalue weighted by molar-refractivity contribution is -0.134. The minimum Gasteiger partial charge on any atom is -0.323 e. The second-order valence-electron chi connectivity index (χ2n) is 8.35. The van der Waals surface area contributed by atoms with E-state index in [9.17, 15) is 4.79 Å². The fraction of sp³-hybridized carbons (Fsp3) is 0.944. The third-order valence-corrected chi connectivity index (χ3v) is 5.14. The standard InChI is InChI=1S/C18H34N2O/c1-11(2)7-16-19-17(12(3)4)18(21)20(16)15-9-13(5)8-14(6)10-15/h11-17,19H,7-10H2,1-6H3. The van der Waals surface area contributed by atoms with Crippen LogP contribution in [0.3, 0.4) is 0 Å². The summed E-state index contributed by atoms with van der Waals surface area (Å²) in [5, 5.41) is 3.62. The lowest BCUT2D eigenvalue weighted by atomic mass is 9.79. The Morgan fingerprint density at radius 2 is 1.67 bits per heavy atom. The minimum atomic E-state index is 0.0151. The Morgan fingerprint density at radius 1 is 1.10 bits per heavy atom. The molecule has 0 aromatic rings. The van der Waals surface area contributed by atoms with Crippen LogP contribution in [0.25, 0.3) is 0 Å². The van der Waals surface area contributed by atoms with E-state index < -0.39 is 0 Å². The maximum atomic E-state index is 12.9. The van der Waals surface area contributed by atoms with Gasteiger partial charge in [0.25, 0.3) is 0 Å². The van der Waals surface area contributed by atoms with Gasteiger partial charge in [-0.05, 0) is 49.4 Å². The molecule has 1 saturated heterocycles. The smallest absolute Gasteiger partial charge is 0.241 e. The zero-order valence-corrected chi connectivity index (χ0v) is 14.7. The highest BCUT2D eigenvalue weighted by molar-refractivity contribution is 5.85. The van der Waals surface area contributed by atoms with E-state index >= 15 is 0 Å². The normalized spacial score (nSPS) is 37.8. The van der Waals surface area contributed by atoms with Gasteiger partial charge in [0, 0.05) is 6.04 Å². The maximum Gasteiger partial charge on any atom is 0.241 e. The summed E-state index contributed by atoms with van der Waals surface area (Å²) in [6, 6.07) is 0.456. The van der Waals surface area contributed by atoms with Crippen LogP contribution in [0.15, 0.2) is 0 Å². The molecule has 1 heterocycles. The second kappa shape index (κ2) is 6.68. The number of rotatable bonds is 4. The van der Waals surface area contributed by atoms with Crippen molar-refractivity contribution in [2.24, 2.45) is 23.7 Å². The largest absolute Gasteiger partial charge is 0.323 e. The Balaban J connectivity index is 2.17. The number of nitrogens with zero attached hydrogens (tertiary/aromatic N) is 1. The zero-order valence-electron chi connectivity index (χ0n) is 14.7. The summed E-state index contributed by atoms with van der Waals surface area (Å²) in [6.07, 6.45) is 4.98. The lowest BCUT2D eigenvalue weighted by Crippen LogP contribution is -2.48. The van der Waals surface area contributed by atoms with Crippen LogP contribution in [0.4, 0.5) is 0 Å². The van der Waals surface area contributed by atoms with Gasteiger partial charge in [0.05, 0.1) is 12.2 Å². The van der Waals surface area contributed by atoms with Crippen molar-refractivity contribution in [3.05, 3.63) is 0 Å². The van der Waals surface area contributed by atoms with E-state index in [1.807, 2.05) is 0 Å². The third-order valence-electron chi connectivity index (χ3n) is 5.14. The first-order chi connectivity index (χ1) is 9.79. The van der Waals surface area contributed by atoms with Crippen molar-refractivity contribution in [1.29, 1.82) is 0 Å². The average Bonchev–Trinajstić information content (AvgIpc) is 2.64. The summed E-state index contributed by atoms with van der Waals surface area (Å²) in [5.74, 6) is 2.81. The number of carbonyl (C=O) groups excluding carboxylic acids is 1. The van der Waals surface area contributed by atoms with Crippen LogP contribution in [0.1, 0.15) is 67.2 Å². The highest BCUT2D eigenvalue weighted by Crippen LogP contribution is 2.35. The molecular formula is C18H34N2O. The third kappa shape index (κ3) is 3.80. The van der Waals surface area contributed by atoms with Gasteiger partial charge in [-0.25, -0.2) is 0 Å². The lowest BCUT2D eigenvalue weighted by Gasteiger charge is -2.40. The predicted molar refractivity (Wildman–Crippen MR) is 87.8 cm³/mol. The Bertz CT molecular complexity index is 356. The summed E-state index contributed by atoms with van der Waals surface area (Å²) >= 11 is 0. The first kappa shape index (κ1) is 16.8. The van der Waals surface area contributed by atoms with E-state index in [1.54, 1.807) is 0 Å². The molecule has 122 valence electrons. The number of amides is 1.